The molecular formula is C24H31FN4O4S. The molecular weight excluding hydrogens is 459 g/mol. The van der Waals surface area contributed by atoms with Gasteiger partial charge >= 0.3 is 0 Å². The van der Waals surface area contributed by atoms with Crippen LogP contribution in [0.5, 0.6) is 5.75 Å². The molecule has 4 rings (SSSR count). The van der Waals surface area contributed by atoms with Crippen LogP contribution in [-0.4, -0.2) is 58.3 Å². The van der Waals surface area contributed by atoms with Crippen LogP contribution >= 0.6 is 11.3 Å². The minimum atomic E-state index is -1.42. The van der Waals surface area contributed by atoms with E-state index in [0.717, 1.165) is 30.7 Å². The van der Waals surface area contributed by atoms with Crippen molar-refractivity contribution in [2.24, 2.45) is 7.05 Å². The number of nitrogens with zero attached hydrogens (tertiary/aromatic N) is 2. The number of nitrogens with one attached hydrogen (secondary N) is 2. The molecule has 1 fully saturated rings. The zero-order chi connectivity index (χ0) is 24.8. The standard InChI is InChI=1S/C24H31FN4O4S/c1-6-26-22(30)16-10-14-15(11-29(5)23(31)18(14)27-16)20-19(17(25)21(34-20)24(2,3)32)33-12-13-8-7-9-28(13)4/h10-11,13,27,32H,6-9,12H2,1-5H3,(H,26,30). The zero-order valence-corrected chi connectivity index (χ0v) is 20.9. The Morgan fingerprint density at radius 3 is 2.76 bits per heavy atom. The highest BCUT2D eigenvalue weighted by molar-refractivity contribution is 7.16. The van der Waals surface area contributed by atoms with Gasteiger partial charge < -0.3 is 29.6 Å². The van der Waals surface area contributed by atoms with Gasteiger partial charge in [-0.15, -0.1) is 11.3 Å². The maximum atomic E-state index is 15.6. The van der Waals surface area contributed by atoms with Crippen molar-refractivity contribution in [1.29, 1.82) is 0 Å². The van der Waals surface area contributed by atoms with Gasteiger partial charge in [0.1, 0.15) is 17.8 Å². The van der Waals surface area contributed by atoms with E-state index < -0.39 is 11.4 Å². The van der Waals surface area contributed by atoms with Gasteiger partial charge in [-0.1, -0.05) is 0 Å². The molecule has 1 aliphatic rings. The molecule has 0 aliphatic carbocycles. The number of rotatable bonds is 7. The van der Waals surface area contributed by atoms with Gasteiger partial charge in [-0.05, 0) is 53.3 Å². The number of ether oxygens (including phenoxy) is 1. The highest BCUT2D eigenvalue weighted by Crippen LogP contribution is 2.47. The van der Waals surface area contributed by atoms with E-state index in [9.17, 15) is 14.7 Å². The smallest absolute Gasteiger partial charge is 0.274 e. The van der Waals surface area contributed by atoms with Crippen LogP contribution in [0.15, 0.2) is 17.1 Å². The normalized spacial score (nSPS) is 17.0. The van der Waals surface area contributed by atoms with Crippen molar-refractivity contribution in [3.63, 3.8) is 0 Å². The van der Waals surface area contributed by atoms with E-state index in [2.05, 4.69) is 15.2 Å². The average molecular weight is 491 g/mol. The molecule has 0 spiro atoms. The summed E-state index contributed by atoms with van der Waals surface area (Å²) in [6, 6.07) is 1.78. The van der Waals surface area contributed by atoms with E-state index in [1.807, 2.05) is 14.0 Å². The Morgan fingerprint density at radius 1 is 1.41 bits per heavy atom. The second-order valence-electron chi connectivity index (χ2n) is 9.34. The second-order valence-corrected chi connectivity index (χ2v) is 10.4. The fourth-order valence-corrected chi connectivity index (χ4v) is 5.51. The topological polar surface area (TPSA) is 99.6 Å². The minimum absolute atomic E-state index is 0.0585. The summed E-state index contributed by atoms with van der Waals surface area (Å²) in [7, 11) is 3.63. The van der Waals surface area contributed by atoms with E-state index in [1.165, 1.54) is 18.4 Å². The number of pyridine rings is 1. The van der Waals surface area contributed by atoms with Crippen molar-refractivity contribution < 1.29 is 19.0 Å². The Kier molecular flexibility index (Phi) is 6.58. The number of likely N-dealkylation sites (N-methyl/N-ethyl adjacent to an activating group) is 1. The summed E-state index contributed by atoms with van der Waals surface area (Å²) in [6.45, 7) is 6.59. The van der Waals surface area contributed by atoms with Gasteiger partial charge in [0, 0.05) is 36.8 Å². The van der Waals surface area contributed by atoms with E-state index in [4.69, 9.17) is 4.74 Å². The first-order chi connectivity index (χ1) is 16.0. The summed E-state index contributed by atoms with van der Waals surface area (Å²) in [5, 5.41) is 13.8. The third kappa shape index (κ3) is 4.37. The Balaban J connectivity index is 1.88. The first-order valence-corrected chi connectivity index (χ1v) is 12.2. The van der Waals surface area contributed by atoms with Gasteiger partial charge in [-0.2, -0.15) is 0 Å². The molecule has 4 heterocycles. The van der Waals surface area contributed by atoms with E-state index in [-0.39, 0.29) is 39.3 Å². The van der Waals surface area contributed by atoms with Crippen molar-refractivity contribution in [3.05, 3.63) is 39.0 Å². The van der Waals surface area contributed by atoms with Gasteiger partial charge in [-0.25, -0.2) is 4.39 Å². The zero-order valence-electron chi connectivity index (χ0n) is 20.1. The number of halogens is 1. The lowest BCUT2D eigenvalue weighted by Gasteiger charge is -2.20. The van der Waals surface area contributed by atoms with Crippen LogP contribution in [0.25, 0.3) is 21.3 Å². The Bertz CT molecular complexity index is 1290. The molecule has 10 heteroatoms. The Morgan fingerprint density at radius 2 is 2.15 bits per heavy atom. The number of carbonyl (C=O) groups is 1. The van der Waals surface area contributed by atoms with Crippen LogP contribution in [0.3, 0.4) is 0 Å². The maximum Gasteiger partial charge on any atom is 0.274 e. The molecule has 8 nitrogen and oxygen atoms in total. The van der Waals surface area contributed by atoms with Crippen molar-refractivity contribution in [2.45, 2.75) is 45.3 Å². The molecule has 3 N–H and O–H groups in total. The molecule has 0 saturated carbocycles. The number of hydrogen-bond donors (Lipinski definition) is 3. The first-order valence-electron chi connectivity index (χ1n) is 11.4. The molecule has 0 bridgehead atoms. The lowest BCUT2D eigenvalue weighted by atomic mass is 10.1. The van der Waals surface area contributed by atoms with Crippen molar-refractivity contribution in [3.8, 4) is 16.2 Å². The number of carbonyl (C=O) groups excluding carboxylic acids is 1. The van der Waals surface area contributed by atoms with Crippen molar-refractivity contribution in [2.75, 3.05) is 26.7 Å². The van der Waals surface area contributed by atoms with Crippen LogP contribution in [0.1, 0.15) is 49.0 Å². The number of aryl methyl sites for hydroxylation is 1. The number of H-pyrrole nitrogens is 1. The third-order valence-corrected chi connectivity index (χ3v) is 7.74. The molecule has 3 aromatic heterocycles. The number of aromatic nitrogens is 2. The molecule has 1 amide bonds. The van der Waals surface area contributed by atoms with Crippen LogP contribution in [-0.2, 0) is 12.6 Å². The number of aliphatic hydroxyl groups is 1. The van der Waals surface area contributed by atoms with E-state index in [1.54, 1.807) is 19.3 Å². The molecule has 184 valence electrons. The van der Waals surface area contributed by atoms with E-state index in [0.29, 0.717) is 29.0 Å². The summed E-state index contributed by atoms with van der Waals surface area (Å²) in [5.41, 5.74) is -0.668. The van der Waals surface area contributed by atoms with Crippen LogP contribution < -0.4 is 15.6 Å². The molecule has 3 aromatic rings. The fourth-order valence-electron chi connectivity index (χ4n) is 4.36. The number of hydrogen-bond acceptors (Lipinski definition) is 6. The van der Waals surface area contributed by atoms with Gasteiger partial charge in [0.25, 0.3) is 11.5 Å². The van der Waals surface area contributed by atoms with Crippen LogP contribution in [0.4, 0.5) is 4.39 Å². The second kappa shape index (κ2) is 9.16. The predicted octanol–water partition coefficient (Wildman–Crippen LogP) is 3.18. The Hall–Kier alpha value is -2.69. The van der Waals surface area contributed by atoms with Gasteiger partial charge in [-0.3, -0.25) is 9.59 Å². The fraction of sp³-hybridized carbons (Fsp3) is 0.500. The Labute approximate surface area is 201 Å². The van der Waals surface area contributed by atoms with Crippen molar-refractivity contribution >= 4 is 28.1 Å². The largest absolute Gasteiger partial charge is 0.487 e. The molecule has 1 saturated heterocycles. The first kappa shape index (κ1) is 24.4. The predicted molar refractivity (Wildman–Crippen MR) is 131 cm³/mol. The van der Waals surface area contributed by atoms with E-state index >= 15 is 4.39 Å². The van der Waals surface area contributed by atoms with Crippen LogP contribution in [0.2, 0.25) is 0 Å². The number of amides is 1. The molecule has 34 heavy (non-hydrogen) atoms. The quantitative estimate of drug-likeness (QED) is 0.472. The number of fused-ring (bicyclic) bond motifs is 1. The molecule has 1 atom stereocenters. The average Bonchev–Trinajstić information content (AvgIpc) is 3.46. The third-order valence-electron chi connectivity index (χ3n) is 6.25. The summed E-state index contributed by atoms with van der Waals surface area (Å²) in [6.07, 6.45) is 3.65. The molecule has 0 aromatic carbocycles. The minimum Gasteiger partial charge on any atom is -0.487 e. The van der Waals surface area contributed by atoms with Crippen LogP contribution in [0, 0.1) is 5.82 Å². The lowest BCUT2D eigenvalue weighted by Crippen LogP contribution is -2.30. The van der Waals surface area contributed by atoms with Gasteiger partial charge in [0.15, 0.2) is 11.6 Å². The van der Waals surface area contributed by atoms with Gasteiger partial charge in [0.2, 0.25) is 0 Å². The molecule has 0 radical (unpaired) electrons. The monoisotopic (exact) mass is 490 g/mol. The molecule has 1 unspecified atom stereocenters. The number of aromatic amines is 1. The highest BCUT2D eigenvalue weighted by Gasteiger charge is 2.32. The summed E-state index contributed by atoms with van der Waals surface area (Å²) in [4.78, 5) is 31.0. The summed E-state index contributed by atoms with van der Waals surface area (Å²) < 4.78 is 23.1. The highest BCUT2D eigenvalue weighted by atomic mass is 32.1. The summed E-state index contributed by atoms with van der Waals surface area (Å²) >= 11 is 1.09. The maximum absolute atomic E-state index is 15.6. The lowest BCUT2D eigenvalue weighted by molar-refractivity contribution is 0.0780. The SMILES string of the molecule is CCNC(=O)c1cc2c(-c3sc(C(C)(C)O)c(F)c3OCC3CCCN3C)cn(C)c(=O)c2[nH]1. The number of likely N-dealkylation sites (tertiary alicyclic amines) is 1. The van der Waals surface area contributed by atoms with Gasteiger partial charge in [0.05, 0.1) is 15.4 Å². The van der Waals surface area contributed by atoms with Crippen molar-refractivity contribution in [1.82, 2.24) is 19.8 Å². The number of thiophene rings is 1. The molecule has 1 aliphatic heterocycles. The summed E-state index contributed by atoms with van der Waals surface area (Å²) in [5.74, 6) is -0.875.